The average molecular weight is 558 g/mol. The van der Waals surface area contributed by atoms with Crippen molar-refractivity contribution in [2.24, 2.45) is 0 Å². The summed E-state index contributed by atoms with van der Waals surface area (Å²) in [6.07, 6.45) is 39.5. The first-order chi connectivity index (χ1) is 19.3. The van der Waals surface area contributed by atoms with Gasteiger partial charge in [-0.3, -0.25) is 4.84 Å². The molecule has 0 rings (SSSR count). The number of hydrogen-bond donors (Lipinski definition) is 2. The first-order valence-electron chi connectivity index (χ1n) is 17.7. The Balaban J connectivity index is 3.25. The third-order valence-electron chi connectivity index (χ3n) is 8.07. The predicted octanol–water partition coefficient (Wildman–Crippen LogP) is 11.3. The summed E-state index contributed by atoms with van der Waals surface area (Å²) in [5.41, 5.74) is 0. The van der Waals surface area contributed by atoms with Crippen molar-refractivity contribution in [2.75, 3.05) is 19.8 Å². The molecule has 5 nitrogen and oxygen atoms in total. The molecule has 0 aromatic rings. The summed E-state index contributed by atoms with van der Waals surface area (Å²) in [4.78, 5) is 9.98. The fourth-order valence-electron chi connectivity index (χ4n) is 5.42. The first-order valence-corrected chi connectivity index (χ1v) is 17.7. The Labute approximate surface area is 244 Å². The minimum absolute atomic E-state index is 0.349. The van der Waals surface area contributed by atoms with Crippen LogP contribution in [0.4, 0.5) is 0 Å². The van der Waals surface area contributed by atoms with Gasteiger partial charge in [0.1, 0.15) is 0 Å². The zero-order chi connectivity index (χ0) is 28.3. The monoisotopic (exact) mass is 558 g/mol. The van der Waals surface area contributed by atoms with Crippen molar-refractivity contribution < 1.29 is 20.2 Å². The van der Waals surface area contributed by atoms with Gasteiger partial charge in [-0.25, -0.2) is 5.26 Å². The van der Waals surface area contributed by atoms with Crippen molar-refractivity contribution in [1.82, 2.24) is 5.23 Å². The molecule has 0 aromatic carbocycles. The summed E-state index contributed by atoms with van der Waals surface area (Å²) in [7, 11) is 0. The van der Waals surface area contributed by atoms with Crippen LogP contribution >= 0.6 is 0 Å². The van der Waals surface area contributed by atoms with Crippen LogP contribution in [0.3, 0.4) is 0 Å². The maximum absolute atomic E-state index is 9.07. The van der Waals surface area contributed by atoms with Crippen LogP contribution in [0.25, 0.3) is 0 Å². The average Bonchev–Trinajstić information content (AvgIpc) is 2.95. The van der Waals surface area contributed by atoms with Gasteiger partial charge in [-0.15, -0.1) is 4.99 Å². The van der Waals surface area contributed by atoms with E-state index in [1.165, 1.54) is 179 Å². The molecule has 0 aliphatic heterocycles. The third kappa shape index (κ3) is 33.9. The Kier molecular flexibility index (Phi) is 35.6. The van der Waals surface area contributed by atoms with E-state index in [9.17, 15) is 0 Å². The number of unbranched alkanes of at least 4 members (excludes halogenated alkanes) is 28. The molecule has 39 heavy (non-hydrogen) atoms. The number of aliphatic hydroxyl groups excluding tert-OH is 1. The molecule has 0 spiro atoms. The Bertz CT molecular complexity index is 388. The Morgan fingerprint density at radius 2 is 0.718 bits per heavy atom. The number of hydrogen-bond acceptors (Lipinski definition) is 5. The zero-order valence-electron chi connectivity index (χ0n) is 26.5. The molecule has 0 saturated carbocycles. The van der Waals surface area contributed by atoms with Crippen molar-refractivity contribution in [3.05, 3.63) is 0 Å². The van der Waals surface area contributed by atoms with Crippen molar-refractivity contribution in [3.63, 3.8) is 0 Å². The van der Waals surface area contributed by atoms with Crippen molar-refractivity contribution in [3.8, 4) is 0 Å². The van der Waals surface area contributed by atoms with E-state index in [0.717, 1.165) is 19.3 Å². The van der Waals surface area contributed by atoms with E-state index in [4.69, 9.17) is 15.2 Å². The molecule has 0 fully saturated rings. The smallest absolute Gasteiger partial charge is 0.0712 e. The Morgan fingerprint density at radius 1 is 0.410 bits per heavy atom. The van der Waals surface area contributed by atoms with Crippen LogP contribution in [0, 0.1) is 0 Å². The largest absolute Gasteiger partial charge is 0.396 e. The highest BCUT2D eigenvalue weighted by Crippen LogP contribution is 2.15. The van der Waals surface area contributed by atoms with E-state index in [0.29, 0.717) is 19.8 Å². The van der Waals surface area contributed by atoms with Crippen LogP contribution in [-0.4, -0.2) is 35.3 Å². The highest BCUT2D eigenvalue weighted by molar-refractivity contribution is 4.51. The summed E-state index contributed by atoms with van der Waals surface area (Å²) in [6, 6.07) is 0. The SMILES string of the molecule is CCCCCCCCCCCCCCCCCCN(OO)OCCCCCCCCCCCCCCCCO. The van der Waals surface area contributed by atoms with Gasteiger partial charge < -0.3 is 5.11 Å². The van der Waals surface area contributed by atoms with Gasteiger partial charge in [0.2, 0.25) is 0 Å². The second-order valence-corrected chi connectivity index (χ2v) is 11.9. The molecule has 236 valence electrons. The summed E-state index contributed by atoms with van der Waals surface area (Å²) in [5.74, 6) is 0. The van der Waals surface area contributed by atoms with Gasteiger partial charge >= 0.3 is 0 Å². The van der Waals surface area contributed by atoms with Crippen LogP contribution in [0.5, 0.6) is 0 Å². The summed E-state index contributed by atoms with van der Waals surface area (Å²) >= 11 is 0. The molecular weight excluding hydrogens is 486 g/mol. The lowest BCUT2D eigenvalue weighted by Crippen LogP contribution is -2.24. The lowest BCUT2D eigenvalue weighted by atomic mass is 10.0. The molecule has 5 heteroatoms. The Morgan fingerprint density at radius 3 is 1.05 bits per heavy atom. The van der Waals surface area contributed by atoms with E-state index in [1.54, 1.807) is 0 Å². The highest BCUT2D eigenvalue weighted by atomic mass is 17.3. The molecule has 0 aliphatic carbocycles. The number of aliphatic hydroxyl groups is 1. The van der Waals surface area contributed by atoms with Gasteiger partial charge in [-0.1, -0.05) is 180 Å². The predicted molar refractivity (Wildman–Crippen MR) is 168 cm³/mol. The normalized spacial score (nSPS) is 11.7. The van der Waals surface area contributed by atoms with Crippen molar-refractivity contribution in [1.29, 1.82) is 0 Å². The van der Waals surface area contributed by atoms with Crippen molar-refractivity contribution in [2.45, 2.75) is 200 Å². The van der Waals surface area contributed by atoms with Gasteiger partial charge in [0.25, 0.3) is 0 Å². The number of nitrogens with zero attached hydrogens (tertiary/aromatic N) is 1. The van der Waals surface area contributed by atoms with E-state index >= 15 is 0 Å². The highest BCUT2D eigenvalue weighted by Gasteiger charge is 2.05. The van der Waals surface area contributed by atoms with Crippen LogP contribution in [0.15, 0.2) is 0 Å². The summed E-state index contributed by atoms with van der Waals surface area (Å²) < 4.78 is 0. The maximum Gasteiger partial charge on any atom is 0.0712 e. The van der Waals surface area contributed by atoms with E-state index in [1.807, 2.05) is 0 Å². The fourth-order valence-corrected chi connectivity index (χ4v) is 5.42. The molecule has 0 amide bonds. The standard InChI is InChI=1S/C34H71NO4/c1-2-3-4-5-6-7-8-9-10-11-14-17-20-23-26-29-32-35(39-37)38-34-31-28-25-22-19-16-13-12-15-18-21-24-27-30-33-36/h36-37H,2-34H2,1H3. The molecule has 0 saturated heterocycles. The molecular formula is C34H71NO4. The van der Waals surface area contributed by atoms with Crippen molar-refractivity contribution >= 4 is 0 Å². The molecule has 0 aromatic heterocycles. The van der Waals surface area contributed by atoms with E-state index in [2.05, 4.69) is 11.9 Å². The quantitative estimate of drug-likeness (QED) is 0.0461. The topological polar surface area (TPSA) is 62.2 Å². The van der Waals surface area contributed by atoms with E-state index < -0.39 is 0 Å². The fraction of sp³-hybridized carbons (Fsp3) is 1.00. The minimum atomic E-state index is 0.349. The van der Waals surface area contributed by atoms with Gasteiger partial charge in [0.05, 0.1) is 13.2 Å². The molecule has 0 heterocycles. The van der Waals surface area contributed by atoms with Gasteiger partial charge in [0.15, 0.2) is 0 Å². The van der Waals surface area contributed by atoms with Crippen LogP contribution in [-0.2, 0) is 9.83 Å². The van der Waals surface area contributed by atoms with Crippen LogP contribution in [0.2, 0.25) is 0 Å². The maximum atomic E-state index is 9.07. The molecule has 0 unspecified atom stereocenters. The number of hydroxylamine groups is 2. The van der Waals surface area contributed by atoms with Crippen LogP contribution < -0.4 is 0 Å². The molecule has 0 bridgehead atoms. The molecule has 0 radical (unpaired) electrons. The second-order valence-electron chi connectivity index (χ2n) is 11.9. The summed E-state index contributed by atoms with van der Waals surface area (Å²) in [6.45, 7) is 3.90. The first kappa shape index (κ1) is 38.8. The van der Waals surface area contributed by atoms with Gasteiger partial charge in [0, 0.05) is 6.61 Å². The van der Waals surface area contributed by atoms with Gasteiger partial charge in [-0.05, 0) is 24.5 Å². The molecule has 0 atom stereocenters. The van der Waals surface area contributed by atoms with E-state index in [-0.39, 0.29) is 0 Å². The lowest BCUT2D eigenvalue weighted by molar-refractivity contribution is -0.505. The van der Waals surface area contributed by atoms with Gasteiger partial charge in [-0.2, -0.15) is 0 Å². The third-order valence-corrected chi connectivity index (χ3v) is 8.07. The summed E-state index contributed by atoms with van der Waals surface area (Å²) in [5, 5.41) is 19.1. The number of rotatable bonds is 35. The lowest BCUT2D eigenvalue weighted by Gasteiger charge is -2.16. The minimum Gasteiger partial charge on any atom is -0.396 e. The zero-order valence-corrected chi connectivity index (χ0v) is 26.5. The Hall–Kier alpha value is -0.200. The molecule has 0 aliphatic rings. The molecule has 2 N–H and O–H groups in total. The second kappa shape index (κ2) is 35.8. The van der Waals surface area contributed by atoms with Crippen LogP contribution in [0.1, 0.15) is 200 Å².